The lowest BCUT2D eigenvalue weighted by Gasteiger charge is -2.56. The van der Waals surface area contributed by atoms with Crippen molar-refractivity contribution >= 4 is 44.2 Å². The minimum Gasteiger partial charge on any atom is -0.455 e. The molecule has 6 heterocycles. The van der Waals surface area contributed by atoms with Crippen molar-refractivity contribution in [1.29, 1.82) is 0 Å². The molecule has 0 unspecified atom stereocenters. The van der Waals surface area contributed by atoms with Gasteiger partial charge in [-0.05, 0) is 105 Å². The predicted molar refractivity (Wildman–Crippen MR) is 235 cm³/mol. The van der Waals surface area contributed by atoms with Crippen molar-refractivity contribution in [2.24, 2.45) is 5.41 Å². The quantitative estimate of drug-likeness (QED) is 0.0763. The SMILES string of the molecule is O=C(NS(=O)(=O)c1cnc(NCC2(F)CCOCC2)c([N+](=O)[O-])c1)c1ccc(N2CCC3(CC2)CC(N2CCC[C@@H]2c2ccccc2C2CC2)C3)cc1Oc1cnc2[nH]ccc2c1. The Hall–Kier alpha value is -5.65. The van der Waals surface area contributed by atoms with Gasteiger partial charge in [-0.3, -0.25) is 19.8 Å². The van der Waals surface area contributed by atoms with Crippen molar-refractivity contribution in [3.63, 3.8) is 0 Å². The molecule has 0 bridgehead atoms. The van der Waals surface area contributed by atoms with Gasteiger partial charge in [0.1, 0.15) is 27.7 Å². The van der Waals surface area contributed by atoms with E-state index in [4.69, 9.17) is 9.47 Å². The van der Waals surface area contributed by atoms with E-state index < -0.39 is 37.1 Å². The molecular weight excluding hydrogens is 828 g/mol. The fourth-order valence-corrected chi connectivity index (χ4v) is 11.2. The van der Waals surface area contributed by atoms with Crippen molar-refractivity contribution in [2.75, 3.05) is 49.6 Å². The lowest BCUT2D eigenvalue weighted by molar-refractivity contribution is -0.384. The van der Waals surface area contributed by atoms with Crippen LogP contribution < -0.4 is 19.7 Å². The highest BCUT2D eigenvalue weighted by Crippen LogP contribution is 2.55. The van der Waals surface area contributed by atoms with Gasteiger partial charge >= 0.3 is 5.69 Å². The van der Waals surface area contributed by atoms with Gasteiger partial charge in [-0.25, -0.2) is 27.5 Å². The van der Waals surface area contributed by atoms with E-state index in [0.717, 1.165) is 61.7 Å². The number of piperidine rings is 1. The standard InChI is InChI=1S/C46H51FN8O7S/c47-46(14-20-61-21-15-46)29-51-43-40(55(57)58)24-35(28-50-43)63(59,60)52-44(56)38-10-9-32(23-41(38)62-34-22-31-11-16-48-42(31)49-27-34)53-18-12-45(13-19-53)25-33(26-45)54-17-3-6-39(54)37-5-2-1-4-36(37)30-7-8-30/h1-2,4-5,9-11,16,22-24,27-28,30,33,39H,3,6-8,12-15,17-21,25-26,29H2,(H,48,49)(H,50,51)(H,52,56)/t39-/m1/s1. The van der Waals surface area contributed by atoms with Crippen LogP contribution in [-0.4, -0.2) is 90.2 Å². The zero-order valence-electron chi connectivity index (χ0n) is 34.9. The average molecular weight is 879 g/mol. The Morgan fingerprint density at radius 2 is 1.75 bits per heavy atom. The number of rotatable bonds is 13. The average Bonchev–Trinajstić information content (AvgIpc) is 3.82. The fourth-order valence-electron chi connectivity index (χ4n) is 10.3. The molecular formula is C46H51FN8O7S. The number of alkyl halides is 1. The highest BCUT2D eigenvalue weighted by molar-refractivity contribution is 7.90. The summed E-state index contributed by atoms with van der Waals surface area (Å²) in [6, 6.07) is 19.7. The second kappa shape index (κ2) is 16.5. The van der Waals surface area contributed by atoms with Gasteiger partial charge in [-0.1, -0.05) is 24.3 Å². The van der Waals surface area contributed by atoms with Crippen LogP contribution in [0.25, 0.3) is 11.0 Å². The summed E-state index contributed by atoms with van der Waals surface area (Å²) in [5.41, 5.74) is 2.48. The van der Waals surface area contributed by atoms with Gasteiger partial charge in [0.2, 0.25) is 5.82 Å². The van der Waals surface area contributed by atoms with E-state index in [9.17, 15) is 23.3 Å². The van der Waals surface area contributed by atoms with Crippen molar-refractivity contribution in [3.8, 4) is 11.5 Å². The summed E-state index contributed by atoms with van der Waals surface area (Å²) >= 11 is 0. The molecule has 330 valence electrons. The number of amides is 1. The number of anilines is 2. The molecule has 2 saturated carbocycles. The second-order valence-corrected chi connectivity index (χ2v) is 19.7. The number of carbonyl (C=O) groups is 1. The maximum absolute atomic E-state index is 15.2. The summed E-state index contributed by atoms with van der Waals surface area (Å²) in [5.74, 6) is -0.107. The molecule has 5 aromatic rings. The number of nitrogens with zero attached hydrogens (tertiary/aromatic N) is 5. The first-order valence-corrected chi connectivity index (χ1v) is 23.5. The number of ether oxygens (including phenoxy) is 2. The highest BCUT2D eigenvalue weighted by Gasteiger charge is 2.50. The molecule has 1 atom stereocenters. The Bertz CT molecular complexity index is 2650. The third kappa shape index (κ3) is 8.45. The number of hydrogen-bond donors (Lipinski definition) is 3. The summed E-state index contributed by atoms with van der Waals surface area (Å²) in [7, 11) is -4.68. The molecule has 63 heavy (non-hydrogen) atoms. The number of halogens is 1. The maximum Gasteiger partial charge on any atom is 0.312 e. The van der Waals surface area contributed by atoms with Crippen molar-refractivity contribution in [3.05, 3.63) is 106 Å². The number of nitrogens with one attached hydrogen (secondary N) is 3. The molecule has 3 saturated heterocycles. The van der Waals surface area contributed by atoms with E-state index in [1.807, 2.05) is 6.07 Å². The number of benzene rings is 2. The van der Waals surface area contributed by atoms with Crippen molar-refractivity contribution in [1.82, 2.24) is 24.6 Å². The summed E-state index contributed by atoms with van der Waals surface area (Å²) in [5, 5.41) is 15.5. The molecule has 5 fully saturated rings. The Labute approximate surface area is 365 Å². The van der Waals surface area contributed by atoms with Crippen LogP contribution in [0.4, 0.5) is 21.6 Å². The molecule has 17 heteroatoms. The van der Waals surface area contributed by atoms with Crippen LogP contribution in [0.2, 0.25) is 0 Å². The highest BCUT2D eigenvalue weighted by atomic mass is 32.2. The molecule has 1 spiro atoms. The lowest BCUT2D eigenvalue weighted by Crippen LogP contribution is -2.54. The van der Waals surface area contributed by atoms with E-state index in [1.54, 1.807) is 35.5 Å². The van der Waals surface area contributed by atoms with E-state index in [1.165, 1.54) is 50.8 Å². The minimum atomic E-state index is -4.68. The maximum atomic E-state index is 15.2. The van der Waals surface area contributed by atoms with Gasteiger partial charge in [-0.2, -0.15) is 0 Å². The second-order valence-electron chi connectivity index (χ2n) is 18.1. The predicted octanol–water partition coefficient (Wildman–Crippen LogP) is 8.17. The zero-order valence-corrected chi connectivity index (χ0v) is 35.7. The van der Waals surface area contributed by atoms with Crippen LogP contribution in [0, 0.1) is 15.5 Å². The summed E-state index contributed by atoms with van der Waals surface area (Å²) in [6.07, 6.45) is 13.9. The number of sulfonamides is 1. The fraction of sp³-hybridized carbons (Fsp3) is 0.457. The number of likely N-dealkylation sites (tertiary alicyclic amines) is 1. The molecule has 1 amide bonds. The minimum absolute atomic E-state index is 0.0688. The molecule has 0 radical (unpaired) electrons. The van der Waals surface area contributed by atoms with E-state index in [0.29, 0.717) is 28.9 Å². The first kappa shape index (κ1) is 41.4. The van der Waals surface area contributed by atoms with Crippen LogP contribution in [0.1, 0.15) is 97.7 Å². The summed E-state index contributed by atoms with van der Waals surface area (Å²) in [4.78, 5) is 41.0. The number of H-pyrrole nitrogens is 1. The number of carbonyl (C=O) groups excluding carboxylic acids is 1. The third-order valence-electron chi connectivity index (χ3n) is 14.0. The third-order valence-corrected chi connectivity index (χ3v) is 15.3. The number of fused-ring (bicyclic) bond motifs is 1. The van der Waals surface area contributed by atoms with Crippen LogP contribution >= 0.6 is 0 Å². The molecule has 2 aliphatic carbocycles. The van der Waals surface area contributed by atoms with Crippen LogP contribution in [0.5, 0.6) is 11.5 Å². The van der Waals surface area contributed by atoms with E-state index in [-0.39, 0.29) is 49.7 Å². The largest absolute Gasteiger partial charge is 0.455 e. The number of hydrogen-bond acceptors (Lipinski definition) is 12. The monoisotopic (exact) mass is 878 g/mol. The summed E-state index contributed by atoms with van der Waals surface area (Å²) < 4.78 is 56.1. The van der Waals surface area contributed by atoms with Gasteiger partial charge in [0, 0.05) is 80.6 Å². The van der Waals surface area contributed by atoms with E-state index in [2.05, 4.69) is 59.1 Å². The van der Waals surface area contributed by atoms with Crippen LogP contribution in [0.3, 0.4) is 0 Å². The number of pyridine rings is 2. The molecule has 15 nitrogen and oxygen atoms in total. The van der Waals surface area contributed by atoms with Gasteiger partial charge in [0.05, 0.1) is 29.4 Å². The first-order chi connectivity index (χ1) is 30.4. The topological polar surface area (TPSA) is 185 Å². The number of aromatic nitrogens is 3. The summed E-state index contributed by atoms with van der Waals surface area (Å²) in [6.45, 7) is 2.98. The Morgan fingerprint density at radius 3 is 2.51 bits per heavy atom. The Kier molecular flexibility index (Phi) is 10.8. The Morgan fingerprint density at radius 1 is 0.968 bits per heavy atom. The van der Waals surface area contributed by atoms with Crippen molar-refractivity contribution < 1.29 is 32.0 Å². The molecule has 5 aliphatic rings. The molecule has 2 aromatic carbocycles. The zero-order chi connectivity index (χ0) is 43.3. The van der Waals surface area contributed by atoms with Gasteiger partial charge in [-0.15, -0.1) is 0 Å². The smallest absolute Gasteiger partial charge is 0.312 e. The van der Waals surface area contributed by atoms with E-state index >= 15 is 4.39 Å². The first-order valence-electron chi connectivity index (χ1n) is 22.0. The van der Waals surface area contributed by atoms with Gasteiger partial charge < -0.3 is 24.7 Å². The lowest BCUT2D eigenvalue weighted by atomic mass is 9.59. The van der Waals surface area contributed by atoms with Crippen LogP contribution in [0.15, 0.2) is 84.1 Å². The Balaban J connectivity index is 0.843. The normalized spacial score (nSPS) is 21.3. The number of aromatic amines is 1. The van der Waals surface area contributed by atoms with Gasteiger partial charge in [0.25, 0.3) is 15.9 Å². The van der Waals surface area contributed by atoms with Crippen molar-refractivity contribution in [2.45, 2.75) is 92.8 Å². The number of nitro groups is 1. The molecule has 3 N–H and O–H groups in total. The van der Waals surface area contributed by atoms with Crippen LogP contribution in [-0.2, 0) is 14.8 Å². The molecule has 3 aliphatic heterocycles. The molecule has 10 rings (SSSR count). The molecule has 3 aromatic heterocycles. The van der Waals surface area contributed by atoms with Gasteiger partial charge in [0.15, 0.2) is 0 Å².